The third-order valence-corrected chi connectivity index (χ3v) is 10.6. The summed E-state index contributed by atoms with van der Waals surface area (Å²) in [5.41, 5.74) is 7.65. The first-order valence-corrected chi connectivity index (χ1v) is 19.0. The third kappa shape index (κ3) is 5.79. The second kappa shape index (κ2) is 13.5. The molecule has 266 valence electrons. The molecule has 8 aromatic carbocycles. The highest BCUT2D eigenvalue weighted by Crippen LogP contribution is 2.38. The molecule has 0 amide bonds. The Morgan fingerprint density at radius 3 is 1.30 bits per heavy atom. The average Bonchev–Trinajstić information content (AvgIpc) is 3.63. The van der Waals surface area contributed by atoms with Crippen molar-refractivity contribution in [3.63, 3.8) is 0 Å². The highest BCUT2D eigenvalue weighted by Gasteiger charge is 2.21. The van der Waals surface area contributed by atoms with Crippen molar-refractivity contribution < 1.29 is 0 Å². The zero-order valence-electron chi connectivity index (χ0n) is 30.7. The molecule has 0 atom stereocenters. The minimum absolute atomic E-state index is 0.605. The molecule has 3 aromatic heterocycles. The predicted octanol–water partition coefficient (Wildman–Crippen LogP) is 12.4. The molecule has 57 heavy (non-hydrogen) atoms. The van der Waals surface area contributed by atoms with Crippen LogP contribution in [0.2, 0.25) is 0 Å². The van der Waals surface area contributed by atoms with Crippen molar-refractivity contribution in [1.29, 1.82) is 0 Å². The van der Waals surface area contributed by atoms with Crippen LogP contribution in [0, 0.1) is 0 Å². The summed E-state index contributed by atoms with van der Waals surface area (Å²) in [5.74, 6) is 3.37. The molecule has 0 bridgehead atoms. The molecule has 0 aliphatic rings. The van der Waals surface area contributed by atoms with Crippen LogP contribution in [0.15, 0.2) is 194 Å². The summed E-state index contributed by atoms with van der Waals surface area (Å²) in [6, 6.07) is 67.0. The fourth-order valence-corrected chi connectivity index (χ4v) is 7.80. The topological polar surface area (TPSA) is 68.9 Å². The minimum Gasteiger partial charge on any atom is -0.277 e. The molecule has 0 unspecified atom stereocenters. The van der Waals surface area contributed by atoms with Crippen molar-refractivity contribution in [3.05, 3.63) is 194 Å². The van der Waals surface area contributed by atoms with Gasteiger partial charge < -0.3 is 0 Å². The molecular weight excluding hydrogens is 697 g/mol. The Hall–Kier alpha value is -7.83. The highest BCUT2D eigenvalue weighted by atomic mass is 15.1. The van der Waals surface area contributed by atoms with Crippen LogP contribution >= 0.6 is 0 Å². The molecule has 0 spiro atoms. The van der Waals surface area contributed by atoms with Gasteiger partial charge in [-0.05, 0) is 39.2 Å². The Labute approximate surface area is 328 Å². The van der Waals surface area contributed by atoms with Crippen LogP contribution in [0.25, 0.3) is 106 Å². The molecule has 0 aliphatic carbocycles. The van der Waals surface area contributed by atoms with Gasteiger partial charge in [0, 0.05) is 38.6 Å². The van der Waals surface area contributed by atoms with Crippen molar-refractivity contribution in [2.45, 2.75) is 0 Å². The molecule has 0 saturated heterocycles. The maximum Gasteiger partial charge on any atom is 0.164 e. The molecule has 0 saturated carbocycles. The van der Waals surface area contributed by atoms with E-state index in [1.54, 1.807) is 0 Å². The molecule has 3 heterocycles. The van der Waals surface area contributed by atoms with E-state index >= 15 is 0 Å². The summed E-state index contributed by atoms with van der Waals surface area (Å²) in [7, 11) is 0. The van der Waals surface area contributed by atoms with E-state index in [9.17, 15) is 0 Å². The molecule has 6 nitrogen and oxygen atoms in total. The largest absolute Gasteiger partial charge is 0.277 e. The summed E-state index contributed by atoms with van der Waals surface area (Å²) in [6.45, 7) is 0. The molecule has 0 aliphatic heterocycles. The SMILES string of the molecule is c1ccc(-c2nc(-c3ccccc3)n3c(-c4ccc(-c5nc(-c6ccc7ccccc7c6)nc(-c6ccc7ccccc7c6)n5)cc4)c4ccccc4c3n2)cc1. The quantitative estimate of drug-likeness (QED) is 0.170. The summed E-state index contributed by atoms with van der Waals surface area (Å²) in [4.78, 5) is 25.7. The monoisotopic (exact) mass is 728 g/mol. The van der Waals surface area contributed by atoms with Gasteiger partial charge in [0.05, 0.1) is 5.69 Å². The fraction of sp³-hybridized carbons (Fsp3) is 0. The maximum atomic E-state index is 5.23. The van der Waals surface area contributed by atoms with Crippen LogP contribution in [-0.4, -0.2) is 29.3 Å². The van der Waals surface area contributed by atoms with Crippen molar-refractivity contribution in [3.8, 4) is 68.2 Å². The Morgan fingerprint density at radius 1 is 0.281 bits per heavy atom. The van der Waals surface area contributed by atoms with Gasteiger partial charge in [0.1, 0.15) is 11.5 Å². The van der Waals surface area contributed by atoms with Crippen LogP contribution in [0.1, 0.15) is 0 Å². The van der Waals surface area contributed by atoms with Gasteiger partial charge in [-0.15, -0.1) is 0 Å². The summed E-state index contributed by atoms with van der Waals surface area (Å²) in [6.07, 6.45) is 0. The number of nitrogens with zero attached hydrogens (tertiary/aromatic N) is 6. The van der Waals surface area contributed by atoms with E-state index in [4.69, 9.17) is 24.9 Å². The van der Waals surface area contributed by atoms with E-state index in [0.29, 0.717) is 23.3 Å². The van der Waals surface area contributed by atoms with Crippen LogP contribution in [-0.2, 0) is 0 Å². The van der Waals surface area contributed by atoms with E-state index in [0.717, 1.165) is 72.1 Å². The number of benzene rings is 8. The summed E-state index contributed by atoms with van der Waals surface area (Å²) < 4.78 is 2.21. The van der Waals surface area contributed by atoms with Gasteiger partial charge in [0.15, 0.2) is 23.3 Å². The van der Waals surface area contributed by atoms with E-state index in [-0.39, 0.29) is 0 Å². The first-order valence-electron chi connectivity index (χ1n) is 19.0. The lowest BCUT2D eigenvalue weighted by Gasteiger charge is -2.13. The molecule has 11 rings (SSSR count). The molecule has 0 radical (unpaired) electrons. The lowest BCUT2D eigenvalue weighted by Crippen LogP contribution is -2.03. The summed E-state index contributed by atoms with van der Waals surface area (Å²) >= 11 is 0. The smallest absolute Gasteiger partial charge is 0.164 e. The van der Waals surface area contributed by atoms with Gasteiger partial charge >= 0.3 is 0 Å². The first kappa shape index (κ1) is 32.6. The van der Waals surface area contributed by atoms with E-state index in [2.05, 4.69) is 174 Å². The second-order valence-electron chi connectivity index (χ2n) is 14.2. The molecule has 6 heteroatoms. The van der Waals surface area contributed by atoms with Crippen molar-refractivity contribution in [2.24, 2.45) is 0 Å². The van der Waals surface area contributed by atoms with Gasteiger partial charge in [-0.1, -0.05) is 182 Å². The van der Waals surface area contributed by atoms with Crippen LogP contribution in [0.4, 0.5) is 0 Å². The van der Waals surface area contributed by atoms with E-state index in [1.165, 1.54) is 10.8 Å². The number of hydrogen-bond donors (Lipinski definition) is 0. The average molecular weight is 729 g/mol. The number of hydrogen-bond acceptors (Lipinski definition) is 5. The predicted molar refractivity (Wildman–Crippen MR) is 232 cm³/mol. The lowest BCUT2D eigenvalue weighted by molar-refractivity contribution is 1.05. The van der Waals surface area contributed by atoms with Gasteiger partial charge in [0.2, 0.25) is 0 Å². The van der Waals surface area contributed by atoms with E-state index in [1.807, 2.05) is 24.3 Å². The zero-order chi connectivity index (χ0) is 37.7. The Kier molecular flexibility index (Phi) is 7.71. The maximum absolute atomic E-state index is 5.23. The van der Waals surface area contributed by atoms with E-state index < -0.39 is 0 Å². The van der Waals surface area contributed by atoms with Crippen LogP contribution in [0.3, 0.4) is 0 Å². The Morgan fingerprint density at radius 2 is 0.702 bits per heavy atom. The highest BCUT2D eigenvalue weighted by molar-refractivity contribution is 6.06. The van der Waals surface area contributed by atoms with Gasteiger partial charge in [-0.25, -0.2) is 24.9 Å². The normalized spacial score (nSPS) is 11.5. The molecular formula is C51H32N6. The third-order valence-electron chi connectivity index (χ3n) is 10.6. The first-order chi connectivity index (χ1) is 28.2. The minimum atomic E-state index is 0.605. The Balaban J connectivity index is 1.09. The van der Waals surface area contributed by atoms with Crippen LogP contribution < -0.4 is 0 Å². The van der Waals surface area contributed by atoms with Gasteiger partial charge in [-0.3, -0.25) is 4.40 Å². The lowest BCUT2D eigenvalue weighted by atomic mass is 10.0. The van der Waals surface area contributed by atoms with Gasteiger partial charge in [-0.2, -0.15) is 0 Å². The fourth-order valence-electron chi connectivity index (χ4n) is 7.80. The summed E-state index contributed by atoms with van der Waals surface area (Å²) in [5, 5.41) is 6.77. The number of rotatable bonds is 6. The number of fused-ring (bicyclic) bond motifs is 5. The molecule has 0 N–H and O–H groups in total. The van der Waals surface area contributed by atoms with Gasteiger partial charge in [0.25, 0.3) is 0 Å². The van der Waals surface area contributed by atoms with Crippen LogP contribution in [0.5, 0.6) is 0 Å². The molecule has 0 fully saturated rings. The number of aromatic nitrogens is 6. The molecule has 11 aromatic rings. The Bertz CT molecular complexity index is 3190. The van der Waals surface area contributed by atoms with Crippen molar-refractivity contribution in [1.82, 2.24) is 29.3 Å². The van der Waals surface area contributed by atoms with Crippen molar-refractivity contribution >= 4 is 38.0 Å². The zero-order valence-corrected chi connectivity index (χ0v) is 30.7. The van der Waals surface area contributed by atoms with Crippen molar-refractivity contribution in [2.75, 3.05) is 0 Å². The standard InChI is InChI=1S/C51H32N6/c1-3-15-36(16-4-1)47-55-50(38-17-5-2-6-18-38)57-45(43-21-11-12-22-44(43)51(57)56-47)35-25-27-37(28-26-35)46-52-48(41-29-23-33-13-7-9-19-39(33)31-41)54-49(53-46)42-30-24-34-14-8-10-20-40(34)32-42/h1-32H. The second-order valence-corrected chi connectivity index (χ2v) is 14.2.